The average molecular weight is 609 g/mol. The lowest BCUT2D eigenvalue weighted by Crippen LogP contribution is -2.54. The van der Waals surface area contributed by atoms with Crippen molar-refractivity contribution in [2.45, 2.75) is 45.3 Å². The van der Waals surface area contributed by atoms with Crippen LogP contribution >= 0.6 is 23.2 Å². The van der Waals surface area contributed by atoms with E-state index >= 15 is 0 Å². The largest absolute Gasteiger partial charge is 0.352 e. The van der Waals surface area contributed by atoms with Crippen LogP contribution in [0.25, 0.3) is 0 Å². The van der Waals surface area contributed by atoms with Crippen molar-refractivity contribution in [3.63, 3.8) is 0 Å². The van der Waals surface area contributed by atoms with Crippen LogP contribution in [0, 0.1) is 5.82 Å². The molecule has 3 aromatic rings. The van der Waals surface area contributed by atoms with Gasteiger partial charge in [-0.25, -0.2) is 12.8 Å². The van der Waals surface area contributed by atoms with E-state index in [2.05, 4.69) is 5.32 Å². The molecule has 0 aromatic heterocycles. The molecule has 0 aliphatic rings. The van der Waals surface area contributed by atoms with Crippen molar-refractivity contribution in [3.8, 4) is 0 Å². The van der Waals surface area contributed by atoms with Crippen LogP contribution < -0.4 is 9.62 Å². The molecule has 3 rings (SSSR count). The van der Waals surface area contributed by atoms with Gasteiger partial charge in [-0.1, -0.05) is 78.7 Å². The second kappa shape index (κ2) is 14.0. The monoisotopic (exact) mass is 607 g/mol. The molecule has 7 nitrogen and oxygen atoms in total. The third kappa shape index (κ3) is 8.43. The van der Waals surface area contributed by atoms with E-state index in [1.165, 1.54) is 11.0 Å². The number of halogens is 3. The Kier molecular flexibility index (Phi) is 11.0. The number of rotatable bonds is 12. The maximum atomic E-state index is 14.0. The summed E-state index contributed by atoms with van der Waals surface area (Å²) in [5, 5.41) is 3.06. The van der Waals surface area contributed by atoms with E-state index < -0.39 is 34.3 Å². The number of carbonyl (C=O) groups is 2. The fourth-order valence-electron chi connectivity index (χ4n) is 4.06. The van der Waals surface area contributed by atoms with Crippen LogP contribution in [0.1, 0.15) is 31.4 Å². The minimum atomic E-state index is -4.01. The summed E-state index contributed by atoms with van der Waals surface area (Å²) in [6, 6.07) is 18.4. The van der Waals surface area contributed by atoms with E-state index in [0.717, 1.165) is 28.3 Å². The van der Waals surface area contributed by atoms with Gasteiger partial charge in [0, 0.05) is 24.0 Å². The Morgan fingerprint density at radius 2 is 1.62 bits per heavy atom. The Hall–Kier alpha value is -3.14. The van der Waals surface area contributed by atoms with Crippen molar-refractivity contribution in [1.29, 1.82) is 0 Å². The van der Waals surface area contributed by atoms with E-state index in [4.69, 9.17) is 23.2 Å². The van der Waals surface area contributed by atoms with Crippen molar-refractivity contribution in [3.05, 3.63) is 99.8 Å². The number of anilines is 1. The predicted octanol–water partition coefficient (Wildman–Crippen LogP) is 5.45. The van der Waals surface area contributed by atoms with E-state index in [-0.39, 0.29) is 35.6 Å². The number of carbonyl (C=O) groups excluding carboxylic acids is 2. The molecule has 0 bridgehead atoms. The zero-order valence-electron chi connectivity index (χ0n) is 22.5. The summed E-state index contributed by atoms with van der Waals surface area (Å²) in [7, 11) is -4.01. The van der Waals surface area contributed by atoms with Crippen molar-refractivity contribution in [1.82, 2.24) is 10.2 Å². The summed E-state index contributed by atoms with van der Waals surface area (Å²) in [5.41, 5.74) is 1.42. The van der Waals surface area contributed by atoms with Gasteiger partial charge in [0.05, 0.1) is 17.0 Å². The lowest BCUT2D eigenvalue weighted by molar-refractivity contribution is -0.140. The van der Waals surface area contributed by atoms with Gasteiger partial charge in [-0.2, -0.15) is 0 Å². The van der Waals surface area contributed by atoms with Crippen molar-refractivity contribution < 1.29 is 22.4 Å². The van der Waals surface area contributed by atoms with Gasteiger partial charge >= 0.3 is 0 Å². The molecule has 0 aliphatic heterocycles. The standard InChI is InChI=1S/C29H32Cl2FN3O4S/c1-4-20(2)33-29(37)27(16-21-10-6-5-7-11-21)34(18-22-12-8-9-13-24(22)30)28(36)19-35(40(3,38)39)23-14-15-26(32)25(31)17-23/h5-15,17,20,27H,4,16,18-19H2,1-3H3,(H,33,37). The minimum absolute atomic E-state index is 0.0172. The second-order valence-electron chi connectivity index (χ2n) is 9.50. The first kappa shape index (κ1) is 31.4. The normalized spacial score (nSPS) is 12.8. The number of hydrogen-bond donors (Lipinski definition) is 1. The van der Waals surface area contributed by atoms with Crippen LogP contribution in [-0.4, -0.2) is 50.0 Å². The summed E-state index contributed by atoms with van der Waals surface area (Å²) in [6.45, 7) is 3.10. The first-order valence-electron chi connectivity index (χ1n) is 12.7. The first-order valence-corrected chi connectivity index (χ1v) is 15.3. The fraction of sp³-hybridized carbons (Fsp3) is 0.310. The zero-order valence-corrected chi connectivity index (χ0v) is 24.8. The number of hydrogen-bond acceptors (Lipinski definition) is 4. The number of amides is 2. The molecular formula is C29H32Cl2FN3O4S. The van der Waals surface area contributed by atoms with Gasteiger partial charge in [-0.05, 0) is 48.7 Å². The molecule has 40 heavy (non-hydrogen) atoms. The summed E-state index contributed by atoms with van der Waals surface area (Å²) >= 11 is 12.4. The maximum Gasteiger partial charge on any atom is 0.244 e. The quantitative estimate of drug-likeness (QED) is 0.296. The van der Waals surface area contributed by atoms with Crippen LogP contribution in [0.3, 0.4) is 0 Å². The van der Waals surface area contributed by atoms with Crippen molar-refractivity contribution in [2.75, 3.05) is 17.1 Å². The molecule has 0 aliphatic carbocycles. The Bertz CT molecular complexity index is 1440. The molecule has 0 saturated heterocycles. The highest BCUT2D eigenvalue weighted by molar-refractivity contribution is 7.92. The third-order valence-electron chi connectivity index (χ3n) is 6.44. The molecular weight excluding hydrogens is 576 g/mol. The van der Waals surface area contributed by atoms with Crippen LogP contribution in [-0.2, 0) is 32.6 Å². The number of nitrogens with zero attached hydrogens (tertiary/aromatic N) is 2. The molecule has 11 heteroatoms. The summed E-state index contributed by atoms with van der Waals surface area (Å²) < 4.78 is 40.3. The van der Waals surface area contributed by atoms with Gasteiger partial charge in [0.1, 0.15) is 18.4 Å². The Balaban J connectivity index is 2.08. The number of sulfonamides is 1. The zero-order chi connectivity index (χ0) is 29.4. The van der Waals surface area contributed by atoms with Crippen LogP contribution in [0.2, 0.25) is 10.0 Å². The van der Waals surface area contributed by atoms with E-state index in [1.54, 1.807) is 24.3 Å². The van der Waals surface area contributed by atoms with Crippen LogP contribution in [0.15, 0.2) is 72.8 Å². The highest BCUT2D eigenvalue weighted by atomic mass is 35.5. The van der Waals surface area contributed by atoms with Gasteiger partial charge in [-0.15, -0.1) is 0 Å². The Morgan fingerprint density at radius 1 is 0.975 bits per heavy atom. The van der Waals surface area contributed by atoms with Crippen molar-refractivity contribution >= 4 is 50.7 Å². The molecule has 2 atom stereocenters. The lowest BCUT2D eigenvalue weighted by Gasteiger charge is -2.34. The highest BCUT2D eigenvalue weighted by Crippen LogP contribution is 2.26. The SMILES string of the molecule is CCC(C)NC(=O)C(Cc1ccccc1)N(Cc1ccccc1Cl)C(=O)CN(c1ccc(F)c(Cl)c1)S(C)(=O)=O. The van der Waals surface area contributed by atoms with Gasteiger partial charge < -0.3 is 10.2 Å². The van der Waals surface area contributed by atoms with Gasteiger partial charge in [-0.3, -0.25) is 13.9 Å². The Labute approximate surface area is 244 Å². The molecule has 0 spiro atoms. The topological polar surface area (TPSA) is 86.8 Å². The van der Waals surface area contributed by atoms with E-state index in [0.29, 0.717) is 17.0 Å². The number of nitrogens with one attached hydrogen (secondary N) is 1. The molecule has 0 heterocycles. The summed E-state index contributed by atoms with van der Waals surface area (Å²) in [5.74, 6) is -1.75. The minimum Gasteiger partial charge on any atom is -0.352 e. The van der Waals surface area contributed by atoms with Crippen LogP contribution in [0.5, 0.6) is 0 Å². The highest BCUT2D eigenvalue weighted by Gasteiger charge is 2.33. The van der Waals surface area contributed by atoms with Gasteiger partial charge in [0.25, 0.3) is 0 Å². The molecule has 3 aromatic carbocycles. The van der Waals surface area contributed by atoms with E-state index in [9.17, 15) is 22.4 Å². The fourth-order valence-corrected chi connectivity index (χ4v) is 5.27. The molecule has 0 saturated carbocycles. The van der Waals surface area contributed by atoms with Gasteiger partial charge in [0.2, 0.25) is 21.8 Å². The van der Waals surface area contributed by atoms with Crippen LogP contribution in [0.4, 0.5) is 10.1 Å². The maximum absolute atomic E-state index is 14.0. The second-order valence-corrected chi connectivity index (χ2v) is 12.2. The molecule has 2 unspecified atom stereocenters. The molecule has 0 fully saturated rings. The van der Waals surface area contributed by atoms with Crippen molar-refractivity contribution in [2.24, 2.45) is 0 Å². The molecule has 1 N–H and O–H groups in total. The Morgan fingerprint density at radius 3 is 2.23 bits per heavy atom. The average Bonchev–Trinajstić information content (AvgIpc) is 2.91. The van der Waals surface area contributed by atoms with Gasteiger partial charge in [0.15, 0.2) is 0 Å². The smallest absolute Gasteiger partial charge is 0.244 e. The molecule has 2 amide bonds. The summed E-state index contributed by atoms with van der Waals surface area (Å²) in [6.07, 6.45) is 1.79. The first-order chi connectivity index (χ1) is 18.9. The number of benzene rings is 3. The lowest BCUT2D eigenvalue weighted by atomic mass is 10.0. The molecule has 214 valence electrons. The molecule has 0 radical (unpaired) electrons. The summed E-state index contributed by atoms with van der Waals surface area (Å²) in [4.78, 5) is 29.0. The predicted molar refractivity (Wildman–Crippen MR) is 157 cm³/mol. The third-order valence-corrected chi connectivity index (χ3v) is 8.24. The van der Waals surface area contributed by atoms with E-state index in [1.807, 2.05) is 44.2 Å².